The average molecular weight is 374 g/mol. The molecule has 5 rings (SSSR count). The molecule has 0 fully saturated rings. The number of hydrogen-bond acceptors (Lipinski definition) is 1. The van der Waals surface area contributed by atoms with Crippen molar-refractivity contribution in [3.8, 4) is 33.5 Å². The first-order valence-corrected chi connectivity index (χ1v) is 9.92. The number of H-pyrrole nitrogens is 1. The molecule has 0 saturated carbocycles. The minimum Gasteiger partial charge on any atom is -0.277 e. The number of aromatic amines is 1. The molecule has 0 saturated heterocycles. The van der Waals surface area contributed by atoms with Crippen molar-refractivity contribution in [2.45, 2.75) is 13.8 Å². The van der Waals surface area contributed by atoms with E-state index in [1.807, 2.05) is 6.07 Å². The van der Waals surface area contributed by atoms with Crippen molar-refractivity contribution in [1.29, 1.82) is 0 Å². The van der Waals surface area contributed by atoms with Gasteiger partial charge in [-0.25, -0.2) is 0 Å². The van der Waals surface area contributed by atoms with Gasteiger partial charge in [0.15, 0.2) is 0 Å². The van der Waals surface area contributed by atoms with E-state index in [0.717, 1.165) is 16.6 Å². The average Bonchev–Trinajstić information content (AvgIpc) is 3.19. The van der Waals surface area contributed by atoms with Gasteiger partial charge in [-0.05, 0) is 53.3 Å². The van der Waals surface area contributed by atoms with Crippen LogP contribution in [0, 0.1) is 13.8 Å². The second-order valence-electron chi connectivity index (χ2n) is 7.49. The molecule has 0 amide bonds. The number of fused-ring (bicyclic) bond motifs is 1. The second kappa shape index (κ2) is 7.06. The minimum absolute atomic E-state index is 1.01. The van der Waals surface area contributed by atoms with Gasteiger partial charge >= 0.3 is 0 Å². The molecule has 29 heavy (non-hydrogen) atoms. The number of nitrogens with zero attached hydrogens (tertiary/aromatic N) is 1. The Bertz CT molecular complexity index is 1300. The molecule has 4 aromatic carbocycles. The van der Waals surface area contributed by atoms with E-state index >= 15 is 0 Å². The Balaban J connectivity index is 1.62. The van der Waals surface area contributed by atoms with Crippen LogP contribution in [0.1, 0.15) is 11.1 Å². The zero-order chi connectivity index (χ0) is 19.8. The van der Waals surface area contributed by atoms with E-state index in [1.165, 1.54) is 38.9 Å². The predicted molar refractivity (Wildman–Crippen MR) is 122 cm³/mol. The summed E-state index contributed by atoms with van der Waals surface area (Å²) in [4.78, 5) is 0. The molecular weight excluding hydrogens is 352 g/mol. The summed E-state index contributed by atoms with van der Waals surface area (Å²) >= 11 is 0. The highest BCUT2D eigenvalue weighted by Gasteiger charge is 2.15. The fourth-order valence-electron chi connectivity index (χ4n) is 4.18. The molecule has 1 aromatic heterocycles. The molecule has 0 spiro atoms. The normalized spacial score (nSPS) is 11.1. The summed E-state index contributed by atoms with van der Waals surface area (Å²) in [6.45, 7) is 4.38. The van der Waals surface area contributed by atoms with Gasteiger partial charge in [-0.1, -0.05) is 84.9 Å². The van der Waals surface area contributed by atoms with Gasteiger partial charge in [0.05, 0.1) is 5.52 Å². The van der Waals surface area contributed by atoms with Crippen molar-refractivity contribution in [3.05, 3.63) is 102 Å². The van der Waals surface area contributed by atoms with Crippen molar-refractivity contribution >= 4 is 10.9 Å². The van der Waals surface area contributed by atoms with Crippen LogP contribution < -0.4 is 0 Å². The zero-order valence-corrected chi connectivity index (χ0v) is 16.6. The maximum Gasteiger partial charge on any atom is 0.100 e. The van der Waals surface area contributed by atoms with Crippen LogP contribution in [0.5, 0.6) is 0 Å². The molecule has 1 heterocycles. The van der Waals surface area contributed by atoms with Crippen LogP contribution in [-0.2, 0) is 0 Å². The van der Waals surface area contributed by atoms with Gasteiger partial charge in [-0.2, -0.15) is 5.10 Å². The summed E-state index contributed by atoms with van der Waals surface area (Å²) in [6, 6.07) is 32.1. The highest BCUT2D eigenvalue weighted by atomic mass is 15.1. The summed E-state index contributed by atoms with van der Waals surface area (Å²) in [6.07, 6.45) is 0. The molecular formula is C27H22N2. The maximum atomic E-state index is 4.62. The van der Waals surface area contributed by atoms with E-state index in [4.69, 9.17) is 0 Å². The SMILES string of the molecule is Cc1ccc(-c2n[nH]c3ccccc23)c(C)c1-c1ccc(-c2ccccc2)cc1. The fraction of sp³-hybridized carbons (Fsp3) is 0.0741. The molecule has 0 aliphatic rings. The number of hydrogen-bond donors (Lipinski definition) is 1. The lowest BCUT2D eigenvalue weighted by Crippen LogP contribution is -1.93. The largest absolute Gasteiger partial charge is 0.277 e. The van der Waals surface area contributed by atoms with Crippen molar-refractivity contribution in [1.82, 2.24) is 10.2 Å². The Kier molecular flexibility index (Phi) is 4.25. The molecule has 0 aliphatic heterocycles. The van der Waals surface area contributed by atoms with E-state index in [-0.39, 0.29) is 0 Å². The fourth-order valence-corrected chi connectivity index (χ4v) is 4.18. The molecule has 0 aliphatic carbocycles. The highest BCUT2D eigenvalue weighted by Crippen LogP contribution is 2.36. The maximum absolute atomic E-state index is 4.62. The third-order valence-corrected chi connectivity index (χ3v) is 5.68. The standard InChI is InChI=1S/C27H22N2/c1-18-12-17-23(27-24-10-6-7-11-25(24)28-29-27)19(2)26(18)22-15-13-21(14-16-22)20-8-4-3-5-9-20/h3-17H,1-2H3,(H,28,29). The summed E-state index contributed by atoms with van der Waals surface area (Å²) in [7, 11) is 0. The van der Waals surface area contributed by atoms with Gasteiger partial charge < -0.3 is 0 Å². The van der Waals surface area contributed by atoms with E-state index in [0.29, 0.717) is 0 Å². The molecule has 140 valence electrons. The van der Waals surface area contributed by atoms with Crippen LogP contribution in [0.4, 0.5) is 0 Å². The van der Waals surface area contributed by atoms with Crippen LogP contribution in [0.3, 0.4) is 0 Å². The number of benzene rings is 4. The lowest BCUT2D eigenvalue weighted by molar-refractivity contribution is 1.12. The monoisotopic (exact) mass is 374 g/mol. The van der Waals surface area contributed by atoms with Gasteiger partial charge in [0.25, 0.3) is 0 Å². The van der Waals surface area contributed by atoms with E-state index in [1.54, 1.807) is 0 Å². The van der Waals surface area contributed by atoms with Crippen molar-refractivity contribution in [2.75, 3.05) is 0 Å². The van der Waals surface area contributed by atoms with Crippen LogP contribution in [0.25, 0.3) is 44.4 Å². The summed E-state index contributed by atoms with van der Waals surface area (Å²) in [5.74, 6) is 0. The Morgan fingerprint density at radius 3 is 2.07 bits per heavy atom. The van der Waals surface area contributed by atoms with Gasteiger partial charge in [-0.3, -0.25) is 5.10 Å². The van der Waals surface area contributed by atoms with Crippen molar-refractivity contribution in [2.24, 2.45) is 0 Å². The number of aryl methyl sites for hydroxylation is 1. The van der Waals surface area contributed by atoms with Gasteiger partial charge in [0.1, 0.15) is 5.69 Å². The smallest absolute Gasteiger partial charge is 0.100 e. The van der Waals surface area contributed by atoms with Crippen LogP contribution in [0.15, 0.2) is 91.0 Å². The second-order valence-corrected chi connectivity index (χ2v) is 7.49. The topological polar surface area (TPSA) is 28.7 Å². The summed E-state index contributed by atoms with van der Waals surface area (Å²) in [5.41, 5.74) is 10.8. The Labute approximate surface area is 170 Å². The minimum atomic E-state index is 1.01. The van der Waals surface area contributed by atoms with Crippen LogP contribution >= 0.6 is 0 Å². The predicted octanol–water partition coefficient (Wildman–Crippen LogP) is 7.18. The van der Waals surface area contributed by atoms with Crippen molar-refractivity contribution in [3.63, 3.8) is 0 Å². The molecule has 0 atom stereocenters. The third-order valence-electron chi connectivity index (χ3n) is 5.68. The lowest BCUT2D eigenvalue weighted by Gasteiger charge is -2.15. The Morgan fingerprint density at radius 1 is 0.621 bits per heavy atom. The Hall–Kier alpha value is -3.65. The van der Waals surface area contributed by atoms with E-state index in [2.05, 4.69) is 109 Å². The summed E-state index contributed by atoms with van der Waals surface area (Å²) in [5, 5.41) is 8.94. The Morgan fingerprint density at radius 2 is 1.28 bits per heavy atom. The molecule has 2 nitrogen and oxygen atoms in total. The third kappa shape index (κ3) is 3.03. The summed E-state index contributed by atoms with van der Waals surface area (Å²) < 4.78 is 0. The van der Waals surface area contributed by atoms with Crippen molar-refractivity contribution < 1.29 is 0 Å². The lowest BCUT2D eigenvalue weighted by atomic mass is 9.89. The molecule has 0 bridgehead atoms. The van der Waals surface area contributed by atoms with E-state index < -0.39 is 0 Å². The number of rotatable bonds is 3. The van der Waals surface area contributed by atoms with Gasteiger partial charge in [-0.15, -0.1) is 0 Å². The molecule has 2 heteroatoms. The van der Waals surface area contributed by atoms with Crippen LogP contribution in [-0.4, -0.2) is 10.2 Å². The first kappa shape index (κ1) is 17.4. The van der Waals surface area contributed by atoms with Crippen LogP contribution in [0.2, 0.25) is 0 Å². The molecule has 0 unspecified atom stereocenters. The highest BCUT2D eigenvalue weighted by molar-refractivity contribution is 5.95. The molecule has 0 radical (unpaired) electrons. The quantitative estimate of drug-likeness (QED) is 0.356. The first-order chi connectivity index (χ1) is 14.2. The first-order valence-electron chi connectivity index (χ1n) is 9.92. The van der Waals surface area contributed by atoms with E-state index in [9.17, 15) is 0 Å². The number of nitrogens with one attached hydrogen (secondary N) is 1. The zero-order valence-electron chi connectivity index (χ0n) is 16.6. The number of para-hydroxylation sites is 1. The van der Waals surface area contributed by atoms with Gasteiger partial charge in [0, 0.05) is 10.9 Å². The molecule has 1 N–H and O–H groups in total. The molecule has 5 aromatic rings. The number of aromatic nitrogens is 2. The van der Waals surface area contributed by atoms with Gasteiger partial charge in [0.2, 0.25) is 0 Å².